The summed E-state index contributed by atoms with van der Waals surface area (Å²) in [7, 11) is 0. The zero-order valence-electron chi connectivity index (χ0n) is 9.08. The van der Waals surface area contributed by atoms with Gasteiger partial charge < -0.3 is 10.6 Å². The van der Waals surface area contributed by atoms with Gasteiger partial charge in [-0.15, -0.1) is 0 Å². The Morgan fingerprint density at radius 3 is 3.00 bits per heavy atom. The van der Waals surface area contributed by atoms with Gasteiger partial charge in [-0.3, -0.25) is 0 Å². The van der Waals surface area contributed by atoms with Gasteiger partial charge in [-0.2, -0.15) is 5.26 Å². The molecular weight excluding hydrogens is 174 g/mol. The van der Waals surface area contributed by atoms with Crippen molar-refractivity contribution in [2.45, 2.75) is 51.1 Å². The molecule has 2 N–H and O–H groups in total. The molecule has 1 heterocycles. The summed E-state index contributed by atoms with van der Waals surface area (Å²) in [6, 6.07) is 2.47. The molecule has 0 bridgehead atoms. The molecule has 2 unspecified atom stereocenters. The molecule has 0 aromatic carbocycles. The van der Waals surface area contributed by atoms with E-state index in [9.17, 15) is 0 Å². The standard InChI is InChI=1S/C11H21N3/c1-10-5-3-2-4-7-14(10)8-6-11(13)9-12/h10-11H,2-8,13H2,1H3. The van der Waals surface area contributed by atoms with Gasteiger partial charge in [0.1, 0.15) is 0 Å². The van der Waals surface area contributed by atoms with E-state index in [1.807, 2.05) is 0 Å². The Bertz CT molecular complexity index is 197. The van der Waals surface area contributed by atoms with Crippen molar-refractivity contribution in [3.8, 4) is 6.07 Å². The molecule has 1 saturated heterocycles. The lowest BCUT2D eigenvalue weighted by Crippen LogP contribution is -2.36. The Balaban J connectivity index is 2.30. The van der Waals surface area contributed by atoms with Crippen LogP contribution in [0.4, 0.5) is 0 Å². The van der Waals surface area contributed by atoms with Crippen molar-refractivity contribution in [2.24, 2.45) is 5.73 Å². The molecule has 3 nitrogen and oxygen atoms in total. The summed E-state index contributed by atoms with van der Waals surface area (Å²) in [5.74, 6) is 0. The molecule has 0 saturated carbocycles. The summed E-state index contributed by atoms with van der Waals surface area (Å²) < 4.78 is 0. The fourth-order valence-corrected chi connectivity index (χ4v) is 2.04. The molecule has 3 heteroatoms. The molecule has 0 radical (unpaired) electrons. The third-order valence-electron chi connectivity index (χ3n) is 3.08. The minimum Gasteiger partial charge on any atom is -0.316 e. The van der Waals surface area contributed by atoms with Crippen LogP contribution in [0.1, 0.15) is 39.0 Å². The third kappa shape index (κ3) is 3.65. The lowest BCUT2D eigenvalue weighted by atomic mass is 10.1. The Labute approximate surface area is 86.9 Å². The lowest BCUT2D eigenvalue weighted by Gasteiger charge is -2.27. The van der Waals surface area contributed by atoms with E-state index in [1.165, 1.54) is 32.2 Å². The van der Waals surface area contributed by atoms with Crippen LogP contribution in [0, 0.1) is 11.3 Å². The number of rotatable bonds is 3. The third-order valence-corrected chi connectivity index (χ3v) is 3.08. The van der Waals surface area contributed by atoms with Gasteiger partial charge in [0, 0.05) is 12.6 Å². The topological polar surface area (TPSA) is 53.0 Å². The zero-order chi connectivity index (χ0) is 10.4. The van der Waals surface area contributed by atoms with E-state index in [0.717, 1.165) is 13.0 Å². The summed E-state index contributed by atoms with van der Waals surface area (Å²) in [6.07, 6.45) is 6.10. The smallest absolute Gasteiger partial charge is 0.0940 e. The number of nitrogens with two attached hydrogens (primary N) is 1. The maximum atomic E-state index is 8.59. The lowest BCUT2D eigenvalue weighted by molar-refractivity contribution is 0.209. The minimum absolute atomic E-state index is 0.287. The Morgan fingerprint density at radius 1 is 1.50 bits per heavy atom. The molecule has 0 spiro atoms. The largest absolute Gasteiger partial charge is 0.316 e. The van der Waals surface area contributed by atoms with Gasteiger partial charge in [0.05, 0.1) is 12.1 Å². The van der Waals surface area contributed by atoms with Crippen molar-refractivity contribution in [3.05, 3.63) is 0 Å². The van der Waals surface area contributed by atoms with Crippen LogP contribution in [0.25, 0.3) is 0 Å². The maximum absolute atomic E-state index is 8.59. The van der Waals surface area contributed by atoms with Crippen molar-refractivity contribution in [1.82, 2.24) is 4.90 Å². The molecule has 0 amide bonds. The van der Waals surface area contributed by atoms with Crippen LogP contribution in [0.15, 0.2) is 0 Å². The Kier molecular flexibility index (Phi) is 4.92. The molecule has 0 aromatic heterocycles. The fraction of sp³-hybridized carbons (Fsp3) is 0.909. The average molecular weight is 195 g/mol. The Morgan fingerprint density at radius 2 is 2.29 bits per heavy atom. The molecule has 1 aliphatic heterocycles. The molecule has 0 aromatic rings. The molecule has 80 valence electrons. The van der Waals surface area contributed by atoms with E-state index in [2.05, 4.69) is 17.9 Å². The molecule has 2 atom stereocenters. The second-order valence-corrected chi connectivity index (χ2v) is 4.26. The number of likely N-dealkylation sites (tertiary alicyclic amines) is 1. The Hall–Kier alpha value is -0.590. The van der Waals surface area contributed by atoms with Crippen LogP contribution >= 0.6 is 0 Å². The minimum atomic E-state index is -0.287. The van der Waals surface area contributed by atoms with Gasteiger partial charge in [-0.25, -0.2) is 0 Å². The van der Waals surface area contributed by atoms with Gasteiger partial charge >= 0.3 is 0 Å². The van der Waals surface area contributed by atoms with E-state index in [0.29, 0.717) is 6.04 Å². The number of hydrogen-bond donors (Lipinski definition) is 1. The molecule has 1 rings (SSSR count). The fourth-order valence-electron chi connectivity index (χ4n) is 2.04. The second kappa shape index (κ2) is 6.00. The van der Waals surface area contributed by atoms with Crippen molar-refractivity contribution < 1.29 is 0 Å². The number of hydrogen-bond acceptors (Lipinski definition) is 3. The SMILES string of the molecule is CC1CCCCCN1CCC(N)C#N. The first-order chi connectivity index (χ1) is 6.74. The van der Waals surface area contributed by atoms with Crippen molar-refractivity contribution in [1.29, 1.82) is 5.26 Å². The van der Waals surface area contributed by atoms with Gasteiger partial charge in [0.15, 0.2) is 0 Å². The van der Waals surface area contributed by atoms with E-state index < -0.39 is 0 Å². The highest BCUT2D eigenvalue weighted by atomic mass is 15.1. The highest BCUT2D eigenvalue weighted by Gasteiger charge is 2.16. The normalized spacial score (nSPS) is 26.5. The second-order valence-electron chi connectivity index (χ2n) is 4.26. The van der Waals surface area contributed by atoms with Crippen LogP contribution in [0.3, 0.4) is 0 Å². The summed E-state index contributed by atoms with van der Waals surface area (Å²) in [5.41, 5.74) is 5.59. The summed E-state index contributed by atoms with van der Waals surface area (Å²) >= 11 is 0. The molecule has 0 aliphatic carbocycles. The van der Waals surface area contributed by atoms with Crippen LogP contribution in [0.5, 0.6) is 0 Å². The van der Waals surface area contributed by atoms with Crippen LogP contribution < -0.4 is 5.73 Å². The molecular formula is C11H21N3. The van der Waals surface area contributed by atoms with E-state index in [4.69, 9.17) is 11.0 Å². The van der Waals surface area contributed by atoms with Gasteiger partial charge in [-0.05, 0) is 32.7 Å². The summed E-state index contributed by atoms with van der Waals surface area (Å²) in [5, 5.41) is 8.59. The first kappa shape index (κ1) is 11.5. The van der Waals surface area contributed by atoms with Crippen LogP contribution in [-0.4, -0.2) is 30.1 Å². The van der Waals surface area contributed by atoms with Gasteiger partial charge in [0.25, 0.3) is 0 Å². The van der Waals surface area contributed by atoms with E-state index >= 15 is 0 Å². The predicted octanol–water partition coefficient (Wildman–Crippen LogP) is 1.49. The van der Waals surface area contributed by atoms with Crippen LogP contribution in [-0.2, 0) is 0 Å². The monoisotopic (exact) mass is 195 g/mol. The highest BCUT2D eigenvalue weighted by molar-refractivity contribution is 4.87. The highest BCUT2D eigenvalue weighted by Crippen LogP contribution is 2.16. The first-order valence-corrected chi connectivity index (χ1v) is 5.63. The summed E-state index contributed by atoms with van der Waals surface area (Å²) in [4.78, 5) is 2.48. The first-order valence-electron chi connectivity index (χ1n) is 5.63. The molecule has 1 fully saturated rings. The maximum Gasteiger partial charge on any atom is 0.0940 e. The number of nitrogens with zero attached hydrogens (tertiary/aromatic N) is 2. The van der Waals surface area contributed by atoms with Gasteiger partial charge in [-0.1, -0.05) is 12.8 Å². The van der Waals surface area contributed by atoms with E-state index in [-0.39, 0.29) is 6.04 Å². The van der Waals surface area contributed by atoms with Gasteiger partial charge in [0.2, 0.25) is 0 Å². The molecule has 14 heavy (non-hydrogen) atoms. The summed E-state index contributed by atoms with van der Waals surface area (Å²) in [6.45, 7) is 4.44. The van der Waals surface area contributed by atoms with Crippen molar-refractivity contribution in [3.63, 3.8) is 0 Å². The average Bonchev–Trinajstić information content (AvgIpc) is 2.39. The van der Waals surface area contributed by atoms with E-state index in [1.54, 1.807) is 0 Å². The predicted molar refractivity (Wildman–Crippen MR) is 57.7 cm³/mol. The van der Waals surface area contributed by atoms with Crippen molar-refractivity contribution >= 4 is 0 Å². The van der Waals surface area contributed by atoms with Crippen molar-refractivity contribution in [2.75, 3.05) is 13.1 Å². The zero-order valence-corrected chi connectivity index (χ0v) is 9.08. The molecule has 1 aliphatic rings. The van der Waals surface area contributed by atoms with Crippen LogP contribution in [0.2, 0.25) is 0 Å². The number of nitriles is 1. The quantitative estimate of drug-likeness (QED) is 0.742.